The summed E-state index contributed by atoms with van der Waals surface area (Å²) in [5.74, 6) is 1.40. The first-order valence-corrected chi connectivity index (χ1v) is 18.4. The summed E-state index contributed by atoms with van der Waals surface area (Å²) in [4.78, 5) is 18.2. The Balaban J connectivity index is 1.40. The van der Waals surface area contributed by atoms with E-state index in [-0.39, 0.29) is 52.9 Å². The van der Waals surface area contributed by atoms with Crippen molar-refractivity contribution in [1.29, 1.82) is 0 Å². The molecule has 0 spiro atoms. The molecule has 0 bridgehead atoms. The highest BCUT2D eigenvalue weighted by Crippen LogP contribution is 2.33. The van der Waals surface area contributed by atoms with Gasteiger partial charge in [0.2, 0.25) is 6.79 Å². The number of nitrogens with one attached hydrogen (secondary N) is 1. The van der Waals surface area contributed by atoms with E-state index in [1.807, 2.05) is 32.2 Å². The molecule has 256 valence electrons. The number of hydrogen-bond acceptors (Lipinski definition) is 10. The number of amides is 1. The number of ether oxygens (including phenoxy) is 4. The highest BCUT2D eigenvalue weighted by Gasteiger charge is 2.31. The molecule has 47 heavy (non-hydrogen) atoms. The van der Waals surface area contributed by atoms with Crippen molar-refractivity contribution in [3.05, 3.63) is 65.0 Å². The summed E-state index contributed by atoms with van der Waals surface area (Å²) in [6.45, 7) is 7.97. The van der Waals surface area contributed by atoms with Crippen LogP contribution in [0.25, 0.3) is 0 Å². The van der Waals surface area contributed by atoms with Gasteiger partial charge in [0.15, 0.2) is 11.5 Å². The minimum atomic E-state index is -3.83. The Morgan fingerprint density at radius 3 is 2.64 bits per heavy atom. The van der Waals surface area contributed by atoms with Crippen molar-refractivity contribution in [2.75, 3.05) is 44.9 Å². The number of aliphatic hydroxyl groups is 1. The highest BCUT2D eigenvalue weighted by molar-refractivity contribution is 7.94. The number of hydrogen-bond donors (Lipinski definition) is 2. The summed E-state index contributed by atoms with van der Waals surface area (Å²) >= 11 is 1.11. The first-order valence-electron chi connectivity index (χ1n) is 16.0. The van der Waals surface area contributed by atoms with Gasteiger partial charge in [-0.15, -0.1) is 11.3 Å². The van der Waals surface area contributed by atoms with Crippen molar-refractivity contribution in [3.63, 3.8) is 0 Å². The Kier molecular flexibility index (Phi) is 11.7. The second-order valence-electron chi connectivity index (χ2n) is 12.4. The molecule has 2 aliphatic heterocycles. The van der Waals surface area contributed by atoms with Gasteiger partial charge in [0, 0.05) is 37.8 Å². The standard InChI is InChI=1S/C34H45N3O8S2/c1-23-18-37(24(2)21-38)34(39)28-17-27(35-47(40,41)33-9-7-15-46-33)11-13-29(28)45-25(3)8-5-6-14-42-32(23)20-36(4)19-26-10-12-30-31(16-26)44-22-43-30/h7,9-13,15-17,23-25,32,35,38H,5-6,8,14,18-22H2,1-4H3/t23-,24+,25+,32+/m1/s1. The quantitative estimate of drug-likeness (QED) is 0.312. The van der Waals surface area contributed by atoms with Crippen LogP contribution in [-0.2, 0) is 21.3 Å². The molecule has 2 aromatic carbocycles. The van der Waals surface area contributed by atoms with Crippen molar-refractivity contribution in [2.45, 2.75) is 69.0 Å². The topological polar surface area (TPSA) is 127 Å². The SMILES string of the molecule is C[C@@H]1CN([C@@H](C)CO)C(=O)c2cc(NS(=O)(=O)c3cccs3)ccc2O[C@@H](C)CCCCO[C@H]1CN(C)Cc1ccc2c(c1)OCO2. The van der Waals surface area contributed by atoms with Crippen LogP contribution >= 0.6 is 11.3 Å². The molecule has 1 aromatic heterocycles. The van der Waals surface area contributed by atoms with Gasteiger partial charge >= 0.3 is 0 Å². The van der Waals surface area contributed by atoms with Crippen LogP contribution < -0.4 is 18.9 Å². The molecule has 3 heterocycles. The van der Waals surface area contributed by atoms with Crippen LogP contribution in [0.2, 0.25) is 0 Å². The minimum Gasteiger partial charge on any atom is -0.490 e. The summed E-state index contributed by atoms with van der Waals surface area (Å²) < 4.78 is 52.5. The maximum Gasteiger partial charge on any atom is 0.271 e. The first kappa shape index (κ1) is 35.0. The fourth-order valence-corrected chi connectivity index (χ4v) is 7.84. The summed E-state index contributed by atoms with van der Waals surface area (Å²) in [5.41, 5.74) is 1.57. The molecule has 0 saturated heterocycles. The first-order chi connectivity index (χ1) is 22.5. The summed E-state index contributed by atoms with van der Waals surface area (Å²) in [6.07, 6.45) is 2.10. The van der Waals surface area contributed by atoms with E-state index >= 15 is 0 Å². The number of rotatable bonds is 9. The predicted molar refractivity (Wildman–Crippen MR) is 181 cm³/mol. The van der Waals surface area contributed by atoms with Gasteiger partial charge in [0.25, 0.3) is 15.9 Å². The van der Waals surface area contributed by atoms with Crippen molar-refractivity contribution in [3.8, 4) is 17.2 Å². The van der Waals surface area contributed by atoms with Crippen LogP contribution in [0.1, 0.15) is 56.0 Å². The maximum atomic E-state index is 14.4. The van der Waals surface area contributed by atoms with Crippen molar-refractivity contribution >= 4 is 33.0 Å². The van der Waals surface area contributed by atoms with Gasteiger partial charge in [-0.05, 0) is 87.5 Å². The molecule has 2 aliphatic rings. The summed E-state index contributed by atoms with van der Waals surface area (Å²) in [7, 11) is -1.79. The van der Waals surface area contributed by atoms with Crippen LogP contribution in [0.15, 0.2) is 58.1 Å². The van der Waals surface area contributed by atoms with E-state index in [1.54, 1.807) is 35.4 Å². The van der Waals surface area contributed by atoms with Gasteiger partial charge < -0.3 is 29.0 Å². The van der Waals surface area contributed by atoms with Crippen molar-refractivity contribution < 1.29 is 37.3 Å². The lowest BCUT2D eigenvalue weighted by Gasteiger charge is -2.36. The molecular weight excluding hydrogens is 643 g/mol. The highest BCUT2D eigenvalue weighted by atomic mass is 32.2. The second-order valence-corrected chi connectivity index (χ2v) is 15.3. The van der Waals surface area contributed by atoms with E-state index in [2.05, 4.69) is 16.5 Å². The number of thiophene rings is 1. The Bertz CT molecular complexity index is 1600. The third-order valence-corrected chi connectivity index (χ3v) is 11.2. The molecule has 4 atom stereocenters. The lowest BCUT2D eigenvalue weighted by molar-refractivity contribution is -0.0177. The average molecular weight is 688 g/mol. The normalized spacial score (nSPS) is 21.5. The zero-order valence-corrected chi connectivity index (χ0v) is 29.0. The van der Waals surface area contributed by atoms with Crippen LogP contribution in [0, 0.1) is 5.92 Å². The average Bonchev–Trinajstić information content (AvgIpc) is 3.75. The number of fused-ring (bicyclic) bond motifs is 2. The van der Waals surface area contributed by atoms with Gasteiger partial charge in [-0.25, -0.2) is 8.42 Å². The molecule has 1 amide bonds. The van der Waals surface area contributed by atoms with Crippen LogP contribution in [-0.4, -0.2) is 87.6 Å². The molecule has 3 aromatic rings. The van der Waals surface area contributed by atoms with E-state index in [4.69, 9.17) is 18.9 Å². The van der Waals surface area contributed by atoms with Crippen molar-refractivity contribution in [1.82, 2.24) is 9.80 Å². The van der Waals surface area contributed by atoms with Gasteiger partial charge in [-0.2, -0.15) is 0 Å². The molecule has 5 rings (SSSR count). The van der Waals surface area contributed by atoms with E-state index in [1.165, 1.54) is 12.1 Å². The number of carbonyl (C=O) groups excluding carboxylic acids is 1. The molecule has 13 heteroatoms. The zero-order valence-electron chi connectivity index (χ0n) is 27.4. The minimum absolute atomic E-state index is 0.0982. The molecular formula is C34H45N3O8S2. The molecule has 0 aliphatic carbocycles. The number of nitrogens with zero attached hydrogens (tertiary/aromatic N) is 2. The summed E-state index contributed by atoms with van der Waals surface area (Å²) in [6, 6.07) is 13.4. The molecule has 0 saturated carbocycles. The fraction of sp³-hybridized carbons (Fsp3) is 0.500. The fourth-order valence-electron chi connectivity index (χ4n) is 5.79. The third kappa shape index (κ3) is 8.96. The number of anilines is 1. The van der Waals surface area contributed by atoms with E-state index in [0.29, 0.717) is 32.0 Å². The number of aliphatic hydroxyl groups excluding tert-OH is 1. The Labute approximate surface area is 281 Å². The Morgan fingerprint density at radius 2 is 1.87 bits per heavy atom. The molecule has 2 N–H and O–H groups in total. The lowest BCUT2D eigenvalue weighted by atomic mass is 10.0. The molecule has 0 unspecified atom stereocenters. The largest absolute Gasteiger partial charge is 0.490 e. The van der Waals surface area contributed by atoms with Gasteiger partial charge in [-0.1, -0.05) is 19.1 Å². The van der Waals surface area contributed by atoms with E-state index in [0.717, 1.165) is 47.7 Å². The summed E-state index contributed by atoms with van der Waals surface area (Å²) in [5, 5.41) is 11.9. The van der Waals surface area contributed by atoms with E-state index < -0.39 is 16.1 Å². The maximum absolute atomic E-state index is 14.4. The lowest BCUT2D eigenvalue weighted by Crippen LogP contribution is -2.47. The van der Waals surface area contributed by atoms with Crippen LogP contribution in [0.4, 0.5) is 5.69 Å². The van der Waals surface area contributed by atoms with E-state index in [9.17, 15) is 18.3 Å². The van der Waals surface area contributed by atoms with Gasteiger partial charge in [-0.3, -0.25) is 14.4 Å². The molecule has 0 fully saturated rings. The van der Waals surface area contributed by atoms with Gasteiger partial charge in [0.05, 0.1) is 30.4 Å². The van der Waals surface area contributed by atoms with Crippen molar-refractivity contribution in [2.24, 2.45) is 5.92 Å². The predicted octanol–water partition coefficient (Wildman–Crippen LogP) is 5.21. The van der Waals surface area contributed by atoms with Gasteiger partial charge in [0.1, 0.15) is 9.96 Å². The van der Waals surface area contributed by atoms with Crippen LogP contribution in [0.3, 0.4) is 0 Å². The molecule has 11 nitrogen and oxygen atoms in total. The number of benzene rings is 2. The van der Waals surface area contributed by atoms with Crippen LogP contribution in [0.5, 0.6) is 17.2 Å². The Hall–Kier alpha value is -3.36. The Morgan fingerprint density at radius 1 is 1.09 bits per heavy atom. The smallest absolute Gasteiger partial charge is 0.271 e. The second kappa shape index (κ2) is 15.7. The number of likely N-dealkylation sites (N-methyl/N-ethyl adjacent to an activating group) is 1. The molecule has 0 radical (unpaired) electrons. The number of sulfonamides is 1. The zero-order chi connectivity index (χ0) is 33.6. The number of carbonyl (C=O) groups is 1. The third-order valence-electron chi connectivity index (χ3n) is 8.44. The monoisotopic (exact) mass is 687 g/mol.